The molecule has 2 aromatic rings. The van der Waals surface area contributed by atoms with Crippen LogP contribution in [-0.4, -0.2) is 51.5 Å². The first-order valence-corrected chi connectivity index (χ1v) is 11.6. The Morgan fingerprint density at radius 2 is 1.67 bits per heavy atom. The van der Waals surface area contributed by atoms with Crippen molar-refractivity contribution in [1.82, 2.24) is 9.62 Å². The van der Waals surface area contributed by atoms with E-state index in [0.717, 1.165) is 50.3 Å². The molecule has 1 aliphatic heterocycles. The van der Waals surface area contributed by atoms with Crippen LogP contribution in [0.5, 0.6) is 0 Å². The van der Waals surface area contributed by atoms with Gasteiger partial charge in [0.25, 0.3) is 0 Å². The zero-order valence-corrected chi connectivity index (χ0v) is 17.5. The molecule has 30 heavy (non-hydrogen) atoms. The average molecular weight is 432 g/mol. The normalized spacial score (nSPS) is 18.0. The predicted molar refractivity (Wildman–Crippen MR) is 115 cm³/mol. The van der Waals surface area contributed by atoms with Crippen LogP contribution in [0.2, 0.25) is 0 Å². The number of nitrogens with two attached hydrogens (primary N) is 1. The summed E-state index contributed by atoms with van der Waals surface area (Å²) < 4.78 is 40.2. The number of anilines is 1. The molecule has 1 saturated carbocycles. The van der Waals surface area contributed by atoms with Crippen LogP contribution >= 0.6 is 0 Å². The van der Waals surface area contributed by atoms with Gasteiger partial charge in [0.15, 0.2) is 5.96 Å². The summed E-state index contributed by atoms with van der Waals surface area (Å²) in [6.07, 6.45) is 1.81. The monoisotopic (exact) mass is 431 g/mol. The van der Waals surface area contributed by atoms with Crippen molar-refractivity contribution in [1.29, 1.82) is 0 Å². The van der Waals surface area contributed by atoms with Crippen molar-refractivity contribution in [3.63, 3.8) is 0 Å². The van der Waals surface area contributed by atoms with Gasteiger partial charge < -0.3 is 15.5 Å². The molecule has 0 atom stereocenters. The third kappa shape index (κ3) is 5.09. The molecule has 2 fully saturated rings. The van der Waals surface area contributed by atoms with Gasteiger partial charge in [-0.25, -0.2) is 22.5 Å². The Hall–Kier alpha value is -2.65. The van der Waals surface area contributed by atoms with Crippen LogP contribution < -0.4 is 15.4 Å². The van der Waals surface area contributed by atoms with Crippen LogP contribution in [0.4, 0.5) is 10.1 Å². The molecule has 0 spiro atoms. The Balaban J connectivity index is 1.30. The van der Waals surface area contributed by atoms with Gasteiger partial charge in [-0.3, -0.25) is 0 Å². The Kier molecular flexibility index (Phi) is 5.92. The smallest absolute Gasteiger partial charge is 0.240 e. The lowest BCUT2D eigenvalue weighted by molar-refractivity contribution is 0.380. The van der Waals surface area contributed by atoms with Gasteiger partial charge in [-0.1, -0.05) is 12.1 Å². The molecule has 3 N–H and O–H groups in total. The second kappa shape index (κ2) is 8.61. The first-order valence-electron chi connectivity index (χ1n) is 10.1. The third-order valence-corrected chi connectivity index (χ3v) is 6.89. The fourth-order valence-electron chi connectivity index (χ4n) is 3.38. The van der Waals surface area contributed by atoms with Gasteiger partial charge in [0, 0.05) is 37.9 Å². The minimum absolute atomic E-state index is 0.0857. The lowest BCUT2D eigenvalue weighted by Gasteiger charge is -2.36. The summed E-state index contributed by atoms with van der Waals surface area (Å²) in [5.41, 5.74) is 8.06. The summed E-state index contributed by atoms with van der Waals surface area (Å²) in [5.74, 6) is 0.236. The number of nitrogens with one attached hydrogen (secondary N) is 1. The number of guanidine groups is 1. The van der Waals surface area contributed by atoms with Crippen LogP contribution in [0.3, 0.4) is 0 Å². The highest BCUT2D eigenvalue weighted by Crippen LogP contribution is 2.22. The minimum atomic E-state index is -3.44. The highest BCUT2D eigenvalue weighted by atomic mass is 32.2. The predicted octanol–water partition coefficient (Wildman–Crippen LogP) is 1.90. The number of aliphatic imine (C=N–C) groups is 1. The number of hydrogen-bond acceptors (Lipinski definition) is 4. The van der Waals surface area contributed by atoms with Crippen molar-refractivity contribution in [3.8, 4) is 0 Å². The largest absolute Gasteiger partial charge is 0.370 e. The van der Waals surface area contributed by atoms with E-state index < -0.39 is 10.0 Å². The number of benzene rings is 2. The van der Waals surface area contributed by atoms with Crippen molar-refractivity contribution < 1.29 is 12.8 Å². The van der Waals surface area contributed by atoms with E-state index in [-0.39, 0.29) is 16.8 Å². The van der Waals surface area contributed by atoms with Crippen molar-refractivity contribution >= 4 is 21.7 Å². The van der Waals surface area contributed by atoms with Crippen molar-refractivity contribution in [2.75, 3.05) is 31.1 Å². The van der Waals surface area contributed by atoms with Gasteiger partial charge in [-0.15, -0.1) is 0 Å². The molecule has 0 aromatic heterocycles. The molecular formula is C21H26FN5O2S. The molecule has 0 bridgehead atoms. The van der Waals surface area contributed by atoms with Gasteiger partial charge in [0.2, 0.25) is 10.0 Å². The number of sulfonamides is 1. The molecule has 2 aromatic carbocycles. The Morgan fingerprint density at radius 1 is 1.03 bits per heavy atom. The Labute approximate surface area is 176 Å². The van der Waals surface area contributed by atoms with Gasteiger partial charge in [0.1, 0.15) is 5.82 Å². The number of nitrogens with zero attached hydrogens (tertiary/aromatic N) is 3. The van der Waals surface area contributed by atoms with Gasteiger partial charge >= 0.3 is 0 Å². The first kappa shape index (κ1) is 20.6. The van der Waals surface area contributed by atoms with E-state index in [1.165, 1.54) is 12.1 Å². The van der Waals surface area contributed by atoms with Crippen LogP contribution in [0.25, 0.3) is 0 Å². The quantitative estimate of drug-likeness (QED) is 0.539. The second-order valence-electron chi connectivity index (χ2n) is 7.66. The zero-order valence-electron chi connectivity index (χ0n) is 16.7. The molecule has 1 aliphatic carbocycles. The maximum atomic E-state index is 13.1. The van der Waals surface area contributed by atoms with E-state index in [9.17, 15) is 12.8 Å². The summed E-state index contributed by atoms with van der Waals surface area (Å²) >= 11 is 0. The van der Waals surface area contributed by atoms with Crippen molar-refractivity contribution in [3.05, 3.63) is 59.9 Å². The highest BCUT2D eigenvalue weighted by Gasteiger charge is 2.27. The van der Waals surface area contributed by atoms with Crippen LogP contribution in [0.15, 0.2) is 58.4 Å². The summed E-state index contributed by atoms with van der Waals surface area (Å²) in [5, 5.41) is 0. The summed E-state index contributed by atoms with van der Waals surface area (Å²) in [7, 11) is -3.44. The number of halogens is 1. The molecule has 0 unspecified atom stereocenters. The van der Waals surface area contributed by atoms with Crippen molar-refractivity contribution in [2.24, 2.45) is 10.7 Å². The standard InChI is InChI=1S/C21H26FN5O2S/c22-17-3-7-19(8-4-17)26-11-13-27(14-12-26)21(23)24-15-16-1-9-20(10-2-16)30(28,29)25-18-5-6-18/h1-4,7-10,18,25H,5-6,11-15H2,(H2,23,24). The number of piperazine rings is 1. The lowest BCUT2D eigenvalue weighted by Crippen LogP contribution is -2.51. The fourth-order valence-corrected chi connectivity index (χ4v) is 4.69. The summed E-state index contributed by atoms with van der Waals surface area (Å²) in [6, 6.07) is 13.3. The Bertz CT molecular complexity index is 997. The van der Waals surface area contributed by atoms with Crippen LogP contribution in [-0.2, 0) is 16.6 Å². The molecule has 160 valence electrons. The Morgan fingerprint density at radius 3 is 2.27 bits per heavy atom. The summed E-state index contributed by atoms with van der Waals surface area (Å²) in [6.45, 7) is 3.42. The molecule has 9 heteroatoms. The van der Waals surface area contributed by atoms with Crippen molar-refractivity contribution in [2.45, 2.75) is 30.3 Å². The molecule has 1 heterocycles. The van der Waals surface area contributed by atoms with E-state index in [1.54, 1.807) is 36.4 Å². The van der Waals surface area contributed by atoms with Gasteiger partial charge in [0.05, 0.1) is 11.4 Å². The maximum absolute atomic E-state index is 13.1. The minimum Gasteiger partial charge on any atom is -0.370 e. The van der Waals surface area contributed by atoms with Crippen LogP contribution in [0, 0.1) is 5.82 Å². The number of rotatable bonds is 6. The van der Waals surface area contributed by atoms with Crippen LogP contribution in [0.1, 0.15) is 18.4 Å². The summed E-state index contributed by atoms with van der Waals surface area (Å²) in [4.78, 5) is 8.95. The molecule has 4 rings (SSSR count). The van der Waals surface area contributed by atoms with E-state index in [1.807, 2.05) is 4.90 Å². The molecular weight excluding hydrogens is 405 g/mol. The molecule has 1 saturated heterocycles. The molecule has 7 nitrogen and oxygen atoms in total. The first-order chi connectivity index (χ1) is 14.4. The maximum Gasteiger partial charge on any atom is 0.240 e. The van der Waals surface area contributed by atoms with Gasteiger partial charge in [-0.05, 0) is 54.8 Å². The zero-order chi connectivity index (χ0) is 21.1. The third-order valence-electron chi connectivity index (χ3n) is 5.35. The van der Waals surface area contributed by atoms with E-state index in [0.29, 0.717) is 12.5 Å². The van der Waals surface area contributed by atoms with Gasteiger partial charge in [-0.2, -0.15) is 0 Å². The number of hydrogen-bond donors (Lipinski definition) is 2. The van der Waals surface area contributed by atoms with E-state index in [4.69, 9.17) is 5.73 Å². The topological polar surface area (TPSA) is 91.0 Å². The molecule has 0 amide bonds. The molecule has 2 aliphatic rings. The second-order valence-corrected chi connectivity index (χ2v) is 9.38. The lowest BCUT2D eigenvalue weighted by atomic mass is 10.2. The molecule has 0 radical (unpaired) electrons. The highest BCUT2D eigenvalue weighted by molar-refractivity contribution is 7.89. The fraction of sp³-hybridized carbons (Fsp3) is 0.381. The SMILES string of the molecule is NC(=NCc1ccc(S(=O)(=O)NC2CC2)cc1)N1CCN(c2ccc(F)cc2)CC1. The van der Waals surface area contributed by atoms with E-state index in [2.05, 4.69) is 14.6 Å². The average Bonchev–Trinajstić information content (AvgIpc) is 3.56. The van der Waals surface area contributed by atoms with E-state index >= 15 is 0 Å².